The number of aromatic amines is 2. The Hall–Kier alpha value is -3.74. The number of likely N-dealkylation sites (tertiary alicyclic amines) is 1. The predicted octanol–water partition coefficient (Wildman–Crippen LogP) is 6.46. The first kappa shape index (κ1) is 33.2. The third-order valence-electron chi connectivity index (χ3n) is 8.83. The lowest BCUT2D eigenvalue weighted by Crippen LogP contribution is -2.51. The molecule has 12 heteroatoms. The van der Waals surface area contributed by atoms with Gasteiger partial charge in [-0.05, 0) is 47.9 Å². The lowest BCUT2D eigenvalue weighted by atomic mass is 10.0. The number of hydrogen-bond donors (Lipinski definition) is 4. The molecule has 2 fully saturated rings. The number of hydrogen-bond acceptors (Lipinski definition) is 8. The Bertz CT molecular complexity index is 1660. The fourth-order valence-electron chi connectivity index (χ4n) is 6.20. The highest BCUT2D eigenvalue weighted by Crippen LogP contribution is 2.42. The van der Waals surface area contributed by atoms with Gasteiger partial charge >= 0.3 is 6.09 Å². The van der Waals surface area contributed by atoms with E-state index in [0.717, 1.165) is 71.2 Å². The normalized spacial score (nSPS) is 18.1. The number of thioether (sulfide) groups is 2. The van der Waals surface area contributed by atoms with Gasteiger partial charge in [0.05, 0.1) is 47.6 Å². The largest absolute Gasteiger partial charge is 0.453 e. The highest BCUT2D eigenvalue weighted by atomic mass is 32.2. The van der Waals surface area contributed by atoms with Crippen LogP contribution in [0.1, 0.15) is 51.3 Å². The van der Waals surface area contributed by atoms with Gasteiger partial charge in [-0.1, -0.05) is 62.4 Å². The SMILES string of the molecule is COC(=O)NC(C(=O)N1CCC[C@H]1c1ncc(-c2ccc(-c3ccc(-c4cnc(CNCC5(C)SCCS5)[nH]4)cc3)cc2)[nH]1)C(C)C. The summed E-state index contributed by atoms with van der Waals surface area (Å²) in [5.74, 6) is 3.95. The maximum atomic E-state index is 13.5. The van der Waals surface area contributed by atoms with E-state index >= 15 is 0 Å². The van der Waals surface area contributed by atoms with E-state index in [2.05, 4.69) is 86.0 Å². The van der Waals surface area contributed by atoms with Gasteiger partial charge in [0.1, 0.15) is 17.7 Å². The molecule has 4 N–H and O–H groups in total. The predicted molar refractivity (Wildman–Crippen MR) is 190 cm³/mol. The second-order valence-corrected chi connectivity index (χ2v) is 16.0. The third kappa shape index (κ3) is 7.71. The first-order valence-corrected chi connectivity index (χ1v) is 18.1. The van der Waals surface area contributed by atoms with E-state index in [0.29, 0.717) is 6.54 Å². The zero-order valence-electron chi connectivity index (χ0n) is 27.3. The molecule has 0 spiro atoms. The number of benzene rings is 2. The van der Waals surface area contributed by atoms with E-state index in [4.69, 9.17) is 4.74 Å². The van der Waals surface area contributed by atoms with Crippen molar-refractivity contribution >= 4 is 35.5 Å². The third-order valence-corrected chi connectivity index (χ3v) is 12.1. The molecule has 0 saturated carbocycles. The zero-order chi connectivity index (χ0) is 33.0. The number of rotatable bonds is 11. The summed E-state index contributed by atoms with van der Waals surface area (Å²) in [7, 11) is 1.30. The molecule has 0 radical (unpaired) electrons. The average molecular weight is 674 g/mol. The fourth-order valence-corrected chi connectivity index (χ4v) is 8.97. The summed E-state index contributed by atoms with van der Waals surface area (Å²) >= 11 is 4.06. The molecule has 2 aliphatic heterocycles. The van der Waals surface area contributed by atoms with E-state index in [1.165, 1.54) is 18.6 Å². The summed E-state index contributed by atoms with van der Waals surface area (Å²) in [4.78, 5) is 43.4. The molecule has 4 heterocycles. The van der Waals surface area contributed by atoms with Crippen LogP contribution < -0.4 is 10.6 Å². The van der Waals surface area contributed by atoms with Crippen molar-refractivity contribution in [2.24, 2.45) is 5.92 Å². The van der Waals surface area contributed by atoms with Gasteiger partial charge in [0, 0.05) is 24.6 Å². The van der Waals surface area contributed by atoms with Crippen molar-refractivity contribution in [3.63, 3.8) is 0 Å². The number of H-pyrrole nitrogens is 2. The second kappa shape index (κ2) is 14.6. The number of amides is 2. The number of alkyl carbamates (subject to hydrolysis) is 1. The van der Waals surface area contributed by atoms with Crippen LogP contribution >= 0.6 is 23.5 Å². The highest BCUT2D eigenvalue weighted by Gasteiger charge is 2.37. The van der Waals surface area contributed by atoms with E-state index in [1.807, 2.05) is 54.7 Å². The molecule has 1 unspecified atom stereocenters. The van der Waals surface area contributed by atoms with Crippen molar-refractivity contribution in [2.75, 3.05) is 31.7 Å². The molecule has 2 amide bonds. The van der Waals surface area contributed by atoms with Gasteiger partial charge in [0.2, 0.25) is 5.91 Å². The van der Waals surface area contributed by atoms with E-state index < -0.39 is 12.1 Å². The fraction of sp³-hybridized carbons (Fsp3) is 0.429. The first-order valence-electron chi connectivity index (χ1n) is 16.2. The van der Waals surface area contributed by atoms with E-state index in [1.54, 1.807) is 0 Å². The Kier molecular flexibility index (Phi) is 10.3. The van der Waals surface area contributed by atoms with Gasteiger partial charge in [-0.3, -0.25) is 4.79 Å². The summed E-state index contributed by atoms with van der Waals surface area (Å²) in [6.07, 6.45) is 4.81. The quantitative estimate of drug-likeness (QED) is 0.143. The lowest BCUT2D eigenvalue weighted by molar-refractivity contribution is -0.135. The Morgan fingerprint density at radius 1 is 0.957 bits per heavy atom. The van der Waals surface area contributed by atoms with Crippen LogP contribution in [0.3, 0.4) is 0 Å². The molecule has 47 heavy (non-hydrogen) atoms. The monoisotopic (exact) mass is 673 g/mol. The summed E-state index contributed by atoms with van der Waals surface area (Å²) in [5.41, 5.74) is 6.28. The minimum Gasteiger partial charge on any atom is -0.453 e. The molecule has 10 nitrogen and oxygen atoms in total. The molecule has 2 aromatic heterocycles. The first-order chi connectivity index (χ1) is 22.7. The van der Waals surface area contributed by atoms with Gasteiger partial charge in [0.15, 0.2) is 0 Å². The maximum Gasteiger partial charge on any atom is 0.407 e. The standard InChI is InChI=1S/C35H43N7O3S2/c1-22(2)31(41-34(44)45-4)33(43)42-15-5-6-29(42)32-38-19-28(40-32)26-13-9-24(10-14-26)23-7-11-25(12-8-23)27-18-37-30(39-27)20-36-21-35(3)46-16-17-47-35/h7-14,18-19,22,29,31,36H,5-6,15-17,20-21H2,1-4H3,(H,37,39)(H,38,40)(H,41,44)/t29-,31?/m0/s1. The van der Waals surface area contributed by atoms with Crippen LogP contribution in [0, 0.1) is 5.92 Å². The van der Waals surface area contributed by atoms with Crippen molar-refractivity contribution in [1.82, 2.24) is 35.5 Å². The molecule has 0 aliphatic carbocycles. The van der Waals surface area contributed by atoms with E-state index in [-0.39, 0.29) is 21.9 Å². The van der Waals surface area contributed by atoms with Gasteiger partial charge in [-0.25, -0.2) is 14.8 Å². The summed E-state index contributed by atoms with van der Waals surface area (Å²) in [6.45, 7) is 8.45. The molecule has 2 aromatic carbocycles. The lowest BCUT2D eigenvalue weighted by Gasteiger charge is -2.30. The van der Waals surface area contributed by atoms with Crippen LogP contribution in [0.2, 0.25) is 0 Å². The van der Waals surface area contributed by atoms with Crippen molar-refractivity contribution in [1.29, 1.82) is 0 Å². The molecular formula is C35H43N7O3S2. The molecule has 6 rings (SSSR count). The molecule has 2 saturated heterocycles. The molecule has 2 atom stereocenters. The van der Waals surface area contributed by atoms with Crippen LogP contribution in [-0.2, 0) is 16.1 Å². The van der Waals surface area contributed by atoms with Crippen LogP contribution in [0.15, 0.2) is 60.9 Å². The average Bonchev–Trinajstić information content (AvgIpc) is 3.91. The van der Waals surface area contributed by atoms with Crippen LogP contribution in [0.5, 0.6) is 0 Å². The summed E-state index contributed by atoms with van der Waals surface area (Å²) < 4.78 is 5.01. The second-order valence-electron chi connectivity index (χ2n) is 12.6. The van der Waals surface area contributed by atoms with Crippen molar-refractivity contribution in [2.45, 2.75) is 56.3 Å². The van der Waals surface area contributed by atoms with Crippen molar-refractivity contribution < 1.29 is 14.3 Å². The van der Waals surface area contributed by atoms with Crippen molar-refractivity contribution in [3.05, 3.63) is 72.6 Å². The minimum atomic E-state index is -0.660. The number of nitrogens with one attached hydrogen (secondary N) is 4. The number of ether oxygens (including phenoxy) is 1. The number of imidazole rings is 2. The number of nitrogens with zero attached hydrogens (tertiary/aromatic N) is 3. The summed E-state index contributed by atoms with van der Waals surface area (Å²) in [5, 5.41) is 6.26. The van der Waals surface area contributed by atoms with Gasteiger partial charge in [-0.2, -0.15) is 0 Å². The zero-order valence-corrected chi connectivity index (χ0v) is 29.0. The maximum absolute atomic E-state index is 13.5. The Balaban J connectivity index is 1.07. The van der Waals surface area contributed by atoms with Gasteiger partial charge in [0.25, 0.3) is 0 Å². The number of carbonyl (C=O) groups is 2. The Morgan fingerprint density at radius 3 is 2.17 bits per heavy atom. The topological polar surface area (TPSA) is 128 Å². The van der Waals surface area contributed by atoms with Gasteiger partial charge in [-0.15, -0.1) is 23.5 Å². The van der Waals surface area contributed by atoms with E-state index in [9.17, 15) is 9.59 Å². The molecule has 0 bridgehead atoms. The van der Waals surface area contributed by atoms with Crippen LogP contribution in [0.25, 0.3) is 33.6 Å². The molecule has 248 valence electrons. The highest BCUT2D eigenvalue weighted by molar-refractivity contribution is 8.21. The van der Waals surface area contributed by atoms with Crippen LogP contribution in [0.4, 0.5) is 4.79 Å². The number of carbonyl (C=O) groups excluding carboxylic acids is 2. The molecule has 4 aromatic rings. The number of aromatic nitrogens is 4. The van der Waals surface area contributed by atoms with Crippen molar-refractivity contribution in [3.8, 4) is 33.6 Å². The smallest absolute Gasteiger partial charge is 0.407 e. The number of methoxy groups -OCH3 is 1. The summed E-state index contributed by atoms with van der Waals surface area (Å²) in [6, 6.07) is 16.1. The molecular weight excluding hydrogens is 631 g/mol. The Labute approximate surface area is 284 Å². The van der Waals surface area contributed by atoms with Gasteiger partial charge < -0.3 is 30.2 Å². The molecule has 2 aliphatic rings. The Morgan fingerprint density at radius 2 is 1.55 bits per heavy atom. The van der Waals surface area contributed by atoms with Crippen LogP contribution in [-0.4, -0.2) is 78.7 Å². The minimum absolute atomic E-state index is 0.0796.